The molecular weight excluding hydrogens is 141 g/mol. The lowest BCUT2D eigenvalue weighted by atomic mass is 10.0. The van der Waals surface area contributed by atoms with Crippen LogP contribution in [0, 0.1) is 5.92 Å². The van der Waals surface area contributed by atoms with E-state index in [9.17, 15) is 4.48 Å². The second kappa shape index (κ2) is 7.73. The molecule has 0 aliphatic heterocycles. The molecule has 66 valence electrons. The standard InChI is InChI=1S/C9H18FN/c1-3-6-9(4-2)7-5-8-11-10/h5,7,9,11H,3-4,6,8H2,1-2H3/b7-5-. The van der Waals surface area contributed by atoms with Crippen LogP contribution in [0.15, 0.2) is 12.2 Å². The quantitative estimate of drug-likeness (QED) is 0.464. The molecule has 0 aliphatic carbocycles. The summed E-state index contributed by atoms with van der Waals surface area (Å²) in [6, 6.07) is 0. The van der Waals surface area contributed by atoms with Crippen molar-refractivity contribution in [3.63, 3.8) is 0 Å². The molecule has 0 aliphatic rings. The monoisotopic (exact) mass is 159 g/mol. The summed E-state index contributed by atoms with van der Waals surface area (Å²) in [6.07, 6.45) is 7.50. The average molecular weight is 159 g/mol. The molecular formula is C9H18FN. The van der Waals surface area contributed by atoms with Crippen LogP contribution in [-0.2, 0) is 0 Å². The van der Waals surface area contributed by atoms with Crippen LogP contribution in [0.2, 0.25) is 0 Å². The van der Waals surface area contributed by atoms with Gasteiger partial charge >= 0.3 is 0 Å². The molecule has 0 spiro atoms. The summed E-state index contributed by atoms with van der Waals surface area (Å²) in [5, 5.41) is 0. The van der Waals surface area contributed by atoms with E-state index < -0.39 is 0 Å². The number of rotatable bonds is 6. The van der Waals surface area contributed by atoms with Gasteiger partial charge < -0.3 is 0 Å². The van der Waals surface area contributed by atoms with E-state index in [0.717, 1.165) is 6.42 Å². The van der Waals surface area contributed by atoms with E-state index in [-0.39, 0.29) is 0 Å². The Kier molecular flexibility index (Phi) is 7.47. The summed E-state index contributed by atoms with van der Waals surface area (Å²) >= 11 is 0. The van der Waals surface area contributed by atoms with Crippen LogP contribution in [-0.4, -0.2) is 6.54 Å². The Hall–Kier alpha value is -0.370. The van der Waals surface area contributed by atoms with Gasteiger partial charge in [0.2, 0.25) is 0 Å². The van der Waals surface area contributed by atoms with E-state index in [2.05, 4.69) is 19.9 Å². The van der Waals surface area contributed by atoms with Crippen molar-refractivity contribution in [2.75, 3.05) is 6.54 Å². The number of halogens is 1. The normalized spacial score (nSPS) is 14.1. The first-order valence-electron chi connectivity index (χ1n) is 4.35. The molecule has 1 N–H and O–H groups in total. The van der Waals surface area contributed by atoms with Crippen molar-refractivity contribution in [2.24, 2.45) is 5.92 Å². The molecule has 0 aromatic heterocycles. The SMILES string of the molecule is CCCC(/C=C\CNF)CC. The Balaban J connectivity index is 3.49. The smallest absolute Gasteiger partial charge is 0.0440 e. The van der Waals surface area contributed by atoms with Crippen LogP contribution in [0.25, 0.3) is 0 Å². The fourth-order valence-corrected chi connectivity index (χ4v) is 1.11. The zero-order valence-corrected chi connectivity index (χ0v) is 7.44. The number of allylic oxidation sites excluding steroid dienone is 1. The zero-order chi connectivity index (χ0) is 8.53. The molecule has 0 aromatic carbocycles. The lowest BCUT2D eigenvalue weighted by Crippen LogP contribution is -2.00. The van der Waals surface area contributed by atoms with E-state index >= 15 is 0 Å². The van der Waals surface area contributed by atoms with Crippen LogP contribution in [0.4, 0.5) is 4.48 Å². The maximum Gasteiger partial charge on any atom is 0.0440 e. The Morgan fingerprint density at radius 2 is 2.18 bits per heavy atom. The molecule has 0 saturated heterocycles. The van der Waals surface area contributed by atoms with Crippen LogP contribution < -0.4 is 5.54 Å². The highest BCUT2D eigenvalue weighted by atomic mass is 19.2. The second-order valence-electron chi connectivity index (χ2n) is 2.72. The number of hydrogen-bond acceptors (Lipinski definition) is 1. The van der Waals surface area contributed by atoms with Gasteiger partial charge in [-0.1, -0.05) is 32.4 Å². The van der Waals surface area contributed by atoms with Crippen molar-refractivity contribution in [1.29, 1.82) is 0 Å². The fourth-order valence-electron chi connectivity index (χ4n) is 1.11. The zero-order valence-electron chi connectivity index (χ0n) is 7.44. The van der Waals surface area contributed by atoms with Gasteiger partial charge in [0.15, 0.2) is 0 Å². The van der Waals surface area contributed by atoms with Gasteiger partial charge in [0.05, 0.1) is 0 Å². The van der Waals surface area contributed by atoms with Crippen molar-refractivity contribution in [3.8, 4) is 0 Å². The number of nitrogens with one attached hydrogen (secondary N) is 1. The van der Waals surface area contributed by atoms with Gasteiger partial charge in [-0.05, 0) is 18.8 Å². The van der Waals surface area contributed by atoms with Gasteiger partial charge in [0.1, 0.15) is 0 Å². The topological polar surface area (TPSA) is 12.0 Å². The molecule has 0 radical (unpaired) electrons. The summed E-state index contributed by atoms with van der Waals surface area (Å²) in [7, 11) is 0. The summed E-state index contributed by atoms with van der Waals surface area (Å²) < 4.78 is 11.4. The predicted molar refractivity (Wildman–Crippen MR) is 46.9 cm³/mol. The molecule has 1 atom stereocenters. The minimum absolute atomic E-state index is 0.334. The lowest BCUT2D eigenvalue weighted by molar-refractivity contribution is 0.356. The van der Waals surface area contributed by atoms with E-state index in [1.807, 2.05) is 6.08 Å². The van der Waals surface area contributed by atoms with E-state index in [0.29, 0.717) is 12.5 Å². The minimum atomic E-state index is 0.334. The highest BCUT2D eigenvalue weighted by Crippen LogP contribution is 2.11. The molecule has 1 nitrogen and oxygen atoms in total. The maximum absolute atomic E-state index is 11.4. The van der Waals surface area contributed by atoms with Gasteiger partial charge in [-0.3, -0.25) is 0 Å². The summed E-state index contributed by atoms with van der Waals surface area (Å²) in [5.41, 5.74) is 1.60. The van der Waals surface area contributed by atoms with Crippen LogP contribution in [0.1, 0.15) is 33.1 Å². The highest BCUT2D eigenvalue weighted by molar-refractivity contribution is 4.88. The molecule has 0 fully saturated rings. The first-order chi connectivity index (χ1) is 5.35. The molecule has 0 rings (SSSR count). The lowest BCUT2D eigenvalue weighted by Gasteiger charge is -2.06. The van der Waals surface area contributed by atoms with Gasteiger partial charge in [0, 0.05) is 6.54 Å². The minimum Gasteiger partial charge on any atom is -0.156 e. The summed E-state index contributed by atoms with van der Waals surface area (Å²) in [5.74, 6) is 0.633. The van der Waals surface area contributed by atoms with E-state index in [1.54, 1.807) is 5.54 Å². The van der Waals surface area contributed by atoms with E-state index in [1.165, 1.54) is 12.8 Å². The van der Waals surface area contributed by atoms with Crippen LogP contribution >= 0.6 is 0 Å². The first kappa shape index (κ1) is 10.6. The largest absolute Gasteiger partial charge is 0.156 e. The van der Waals surface area contributed by atoms with Crippen molar-refractivity contribution in [2.45, 2.75) is 33.1 Å². The third-order valence-electron chi connectivity index (χ3n) is 1.79. The van der Waals surface area contributed by atoms with Crippen LogP contribution in [0.3, 0.4) is 0 Å². The molecule has 0 bridgehead atoms. The van der Waals surface area contributed by atoms with Crippen molar-refractivity contribution in [1.82, 2.24) is 5.54 Å². The van der Waals surface area contributed by atoms with Crippen molar-refractivity contribution in [3.05, 3.63) is 12.2 Å². The third kappa shape index (κ3) is 6.05. The molecule has 1 unspecified atom stereocenters. The predicted octanol–water partition coefficient (Wildman–Crippen LogP) is 2.84. The fraction of sp³-hybridized carbons (Fsp3) is 0.778. The van der Waals surface area contributed by atoms with Gasteiger partial charge in [-0.25, -0.2) is 0 Å². The van der Waals surface area contributed by atoms with Gasteiger partial charge in [0.25, 0.3) is 0 Å². The Labute approximate surface area is 68.6 Å². The Morgan fingerprint density at radius 1 is 1.45 bits per heavy atom. The molecule has 2 heteroatoms. The molecule has 0 aromatic rings. The Morgan fingerprint density at radius 3 is 2.64 bits per heavy atom. The second-order valence-corrected chi connectivity index (χ2v) is 2.72. The maximum atomic E-state index is 11.4. The third-order valence-corrected chi connectivity index (χ3v) is 1.79. The molecule has 0 amide bonds. The molecule has 0 saturated carbocycles. The molecule has 11 heavy (non-hydrogen) atoms. The van der Waals surface area contributed by atoms with Gasteiger partial charge in [-0.2, -0.15) is 5.54 Å². The van der Waals surface area contributed by atoms with Crippen molar-refractivity contribution < 1.29 is 4.48 Å². The van der Waals surface area contributed by atoms with E-state index in [4.69, 9.17) is 0 Å². The Bertz CT molecular complexity index is 102. The summed E-state index contributed by atoms with van der Waals surface area (Å²) in [4.78, 5) is 0. The highest BCUT2D eigenvalue weighted by Gasteiger charge is 1.97. The average Bonchev–Trinajstić information content (AvgIpc) is 2.03. The van der Waals surface area contributed by atoms with Crippen LogP contribution in [0.5, 0.6) is 0 Å². The first-order valence-corrected chi connectivity index (χ1v) is 4.35. The van der Waals surface area contributed by atoms with Crippen molar-refractivity contribution >= 4 is 0 Å². The number of hydrogen-bond donors (Lipinski definition) is 1. The summed E-state index contributed by atoms with van der Waals surface area (Å²) in [6.45, 7) is 4.66. The van der Waals surface area contributed by atoms with Gasteiger partial charge in [-0.15, -0.1) is 4.48 Å². The molecule has 0 heterocycles.